The summed E-state index contributed by atoms with van der Waals surface area (Å²) in [6.07, 6.45) is 2.24. The summed E-state index contributed by atoms with van der Waals surface area (Å²) in [5.41, 5.74) is 0.896. The maximum Gasteiger partial charge on any atom is 0.225 e. The molecule has 0 fully saturated rings. The summed E-state index contributed by atoms with van der Waals surface area (Å²) in [4.78, 5) is 15.3. The van der Waals surface area contributed by atoms with Crippen molar-refractivity contribution in [2.45, 2.75) is 25.3 Å². The molecule has 0 saturated heterocycles. The molecule has 0 aliphatic rings. The third-order valence-electron chi connectivity index (χ3n) is 3.65. The minimum Gasteiger partial charge on any atom is -0.396 e. The van der Waals surface area contributed by atoms with Gasteiger partial charge >= 0.3 is 0 Å². The van der Waals surface area contributed by atoms with E-state index in [9.17, 15) is 9.18 Å². The number of carbonyl (C=O) groups is 1. The van der Waals surface area contributed by atoms with E-state index in [1.165, 1.54) is 12.1 Å². The molecule has 0 bridgehead atoms. The zero-order valence-corrected chi connectivity index (χ0v) is 12.8. The van der Waals surface area contributed by atoms with E-state index < -0.39 is 5.54 Å². The molecule has 1 aromatic heterocycles. The van der Waals surface area contributed by atoms with Gasteiger partial charge in [0.2, 0.25) is 5.91 Å². The van der Waals surface area contributed by atoms with Gasteiger partial charge in [0.15, 0.2) is 0 Å². The van der Waals surface area contributed by atoms with Crippen molar-refractivity contribution in [2.24, 2.45) is 0 Å². The molecule has 0 aliphatic heterocycles. The second-order valence-electron chi connectivity index (χ2n) is 5.70. The number of aromatic amines is 1. The molecule has 0 spiro atoms. The molecule has 1 amide bonds. The summed E-state index contributed by atoms with van der Waals surface area (Å²) < 4.78 is 18.4. The smallest absolute Gasteiger partial charge is 0.225 e. The lowest BCUT2D eigenvalue weighted by molar-refractivity contribution is -0.123. The normalized spacial score (nSPS) is 14.0. The Labute approximate surface area is 128 Å². The van der Waals surface area contributed by atoms with Crippen LogP contribution in [0, 0.1) is 5.82 Å². The number of nitrogens with one attached hydrogen (secondary N) is 2. The first kappa shape index (κ1) is 16.5. The average molecular weight is 308 g/mol. The minimum absolute atomic E-state index is 0.0432. The lowest BCUT2D eigenvalue weighted by Crippen LogP contribution is -2.50. The van der Waals surface area contributed by atoms with Crippen LogP contribution in [0.25, 0.3) is 10.9 Å². The average Bonchev–Trinajstić information content (AvgIpc) is 2.81. The van der Waals surface area contributed by atoms with Crippen molar-refractivity contribution < 1.29 is 19.0 Å². The zero-order valence-electron chi connectivity index (χ0n) is 12.8. The largest absolute Gasteiger partial charge is 0.396 e. The molecule has 2 aromatic rings. The molecule has 0 saturated carbocycles. The van der Waals surface area contributed by atoms with Gasteiger partial charge in [0, 0.05) is 30.8 Å². The van der Waals surface area contributed by atoms with Crippen LogP contribution in [-0.2, 0) is 16.0 Å². The van der Waals surface area contributed by atoms with Crippen molar-refractivity contribution in [3.63, 3.8) is 0 Å². The lowest BCUT2D eigenvalue weighted by atomic mass is 9.98. The fraction of sp³-hybridized carbons (Fsp3) is 0.438. The molecule has 1 atom stereocenters. The van der Waals surface area contributed by atoms with Crippen LogP contribution in [0.15, 0.2) is 24.4 Å². The minimum atomic E-state index is -0.627. The van der Waals surface area contributed by atoms with E-state index in [0.29, 0.717) is 18.4 Å². The molecule has 1 unspecified atom stereocenters. The van der Waals surface area contributed by atoms with E-state index in [4.69, 9.17) is 9.84 Å². The maximum absolute atomic E-state index is 13.3. The quantitative estimate of drug-likeness (QED) is 0.729. The van der Waals surface area contributed by atoms with Gasteiger partial charge in [-0.25, -0.2) is 4.39 Å². The summed E-state index contributed by atoms with van der Waals surface area (Å²) in [6.45, 7) is 2.08. The number of aliphatic hydroxyl groups is 1. The van der Waals surface area contributed by atoms with Crippen LogP contribution in [0.1, 0.15) is 18.9 Å². The molecule has 1 aromatic carbocycles. The highest BCUT2D eigenvalue weighted by Crippen LogP contribution is 2.20. The topological polar surface area (TPSA) is 74.3 Å². The number of hydrogen-bond donors (Lipinski definition) is 3. The number of carbonyl (C=O) groups excluding carboxylic acids is 1. The second-order valence-corrected chi connectivity index (χ2v) is 5.70. The fourth-order valence-corrected chi connectivity index (χ4v) is 2.59. The molecule has 22 heavy (non-hydrogen) atoms. The van der Waals surface area contributed by atoms with Crippen molar-refractivity contribution in [1.29, 1.82) is 0 Å². The van der Waals surface area contributed by atoms with Crippen LogP contribution in [0.4, 0.5) is 4.39 Å². The van der Waals surface area contributed by atoms with E-state index >= 15 is 0 Å². The molecule has 5 nitrogen and oxygen atoms in total. The Kier molecular flexibility index (Phi) is 5.15. The standard InChI is InChI=1S/C16H21FN2O3/c1-16(5-6-20,10-22-2)19-15(21)7-11-9-18-14-4-3-12(17)8-13(11)14/h3-4,8-9,18,20H,5-7,10H2,1-2H3,(H,19,21). The maximum atomic E-state index is 13.3. The third kappa shape index (κ3) is 3.84. The van der Waals surface area contributed by atoms with Gasteiger partial charge in [-0.1, -0.05) is 0 Å². The van der Waals surface area contributed by atoms with Crippen molar-refractivity contribution in [3.8, 4) is 0 Å². The first-order valence-electron chi connectivity index (χ1n) is 7.14. The Morgan fingerprint density at radius 1 is 1.50 bits per heavy atom. The van der Waals surface area contributed by atoms with Crippen molar-refractivity contribution >= 4 is 16.8 Å². The number of aliphatic hydroxyl groups excluding tert-OH is 1. The Morgan fingerprint density at radius 3 is 2.95 bits per heavy atom. The number of hydrogen-bond acceptors (Lipinski definition) is 3. The van der Waals surface area contributed by atoms with Crippen LogP contribution in [0.5, 0.6) is 0 Å². The number of ether oxygens (including phenoxy) is 1. The zero-order chi connectivity index (χ0) is 16.2. The van der Waals surface area contributed by atoms with Gasteiger partial charge in [0.1, 0.15) is 5.82 Å². The van der Waals surface area contributed by atoms with Crippen molar-refractivity contribution in [3.05, 3.63) is 35.8 Å². The van der Waals surface area contributed by atoms with Gasteiger partial charge in [0.25, 0.3) is 0 Å². The Morgan fingerprint density at radius 2 is 2.27 bits per heavy atom. The van der Waals surface area contributed by atoms with Crippen LogP contribution in [-0.4, -0.2) is 41.9 Å². The number of aromatic nitrogens is 1. The lowest BCUT2D eigenvalue weighted by Gasteiger charge is -2.29. The Hall–Kier alpha value is -1.92. The first-order chi connectivity index (χ1) is 10.5. The van der Waals surface area contributed by atoms with E-state index in [0.717, 1.165) is 11.1 Å². The molecule has 3 N–H and O–H groups in total. The van der Waals surface area contributed by atoms with Gasteiger partial charge in [-0.05, 0) is 37.1 Å². The Balaban J connectivity index is 2.11. The van der Waals surface area contributed by atoms with Gasteiger partial charge < -0.3 is 20.1 Å². The molecule has 2 rings (SSSR count). The van der Waals surface area contributed by atoms with E-state index in [1.807, 2.05) is 6.92 Å². The highest BCUT2D eigenvalue weighted by atomic mass is 19.1. The van der Waals surface area contributed by atoms with Gasteiger partial charge in [-0.2, -0.15) is 0 Å². The highest BCUT2D eigenvalue weighted by Gasteiger charge is 2.26. The van der Waals surface area contributed by atoms with Crippen molar-refractivity contribution in [1.82, 2.24) is 10.3 Å². The summed E-state index contributed by atoms with van der Waals surface area (Å²) in [5, 5.41) is 12.7. The fourth-order valence-electron chi connectivity index (χ4n) is 2.59. The predicted octanol–water partition coefficient (Wildman–Crippen LogP) is 1.75. The third-order valence-corrected chi connectivity index (χ3v) is 3.65. The molecular weight excluding hydrogens is 287 g/mol. The number of rotatable bonds is 7. The molecule has 0 radical (unpaired) electrons. The molecule has 0 aliphatic carbocycles. The number of fused-ring (bicyclic) bond motifs is 1. The summed E-state index contributed by atoms with van der Waals surface area (Å²) in [7, 11) is 1.55. The molecule has 6 heteroatoms. The van der Waals surface area contributed by atoms with Crippen LogP contribution in [0.2, 0.25) is 0 Å². The molecular formula is C16H21FN2O3. The number of amides is 1. The highest BCUT2D eigenvalue weighted by molar-refractivity contribution is 5.89. The first-order valence-corrected chi connectivity index (χ1v) is 7.14. The van der Waals surface area contributed by atoms with Crippen LogP contribution in [0.3, 0.4) is 0 Å². The van der Waals surface area contributed by atoms with E-state index in [-0.39, 0.29) is 24.8 Å². The number of H-pyrrole nitrogens is 1. The predicted molar refractivity (Wildman–Crippen MR) is 82.1 cm³/mol. The number of halogens is 1. The van der Waals surface area contributed by atoms with Gasteiger partial charge in [0.05, 0.1) is 18.6 Å². The van der Waals surface area contributed by atoms with Gasteiger partial charge in [-0.3, -0.25) is 4.79 Å². The summed E-state index contributed by atoms with van der Waals surface area (Å²) in [6, 6.07) is 4.43. The SMILES string of the molecule is COCC(C)(CCO)NC(=O)Cc1c[nH]c2ccc(F)cc12. The summed E-state index contributed by atoms with van der Waals surface area (Å²) in [5.74, 6) is -0.531. The molecule has 1 heterocycles. The number of benzene rings is 1. The number of methoxy groups -OCH3 is 1. The van der Waals surface area contributed by atoms with Gasteiger partial charge in [-0.15, -0.1) is 0 Å². The van der Waals surface area contributed by atoms with Crippen molar-refractivity contribution in [2.75, 3.05) is 20.3 Å². The van der Waals surface area contributed by atoms with Crippen LogP contribution >= 0.6 is 0 Å². The van der Waals surface area contributed by atoms with E-state index in [2.05, 4.69) is 10.3 Å². The summed E-state index contributed by atoms with van der Waals surface area (Å²) >= 11 is 0. The Bertz CT molecular complexity index is 648. The van der Waals surface area contributed by atoms with Crippen LogP contribution < -0.4 is 5.32 Å². The monoisotopic (exact) mass is 308 g/mol. The molecule has 120 valence electrons. The second kappa shape index (κ2) is 6.89. The van der Waals surface area contributed by atoms with E-state index in [1.54, 1.807) is 19.4 Å².